The van der Waals surface area contributed by atoms with Crippen LogP contribution in [-0.2, 0) is 4.79 Å². The van der Waals surface area contributed by atoms with Gasteiger partial charge in [0.15, 0.2) is 0 Å². The molecule has 1 aromatic carbocycles. The highest BCUT2D eigenvalue weighted by Crippen LogP contribution is 2.23. The molecule has 0 aliphatic carbocycles. The van der Waals surface area contributed by atoms with Crippen molar-refractivity contribution in [2.75, 3.05) is 18.9 Å². The summed E-state index contributed by atoms with van der Waals surface area (Å²) in [6.07, 6.45) is 0. The molecule has 0 atom stereocenters. The van der Waals surface area contributed by atoms with Crippen LogP contribution in [0, 0.1) is 6.92 Å². The predicted molar refractivity (Wildman–Crippen MR) is 96.5 cm³/mol. The highest BCUT2D eigenvalue weighted by molar-refractivity contribution is 9.11. The van der Waals surface area contributed by atoms with Gasteiger partial charge < -0.3 is 10.2 Å². The second-order valence-corrected chi connectivity index (χ2v) is 8.15. The van der Waals surface area contributed by atoms with E-state index >= 15 is 0 Å². The molecule has 2 aromatic rings. The van der Waals surface area contributed by atoms with Gasteiger partial charge in [0.05, 0.1) is 15.2 Å². The summed E-state index contributed by atoms with van der Waals surface area (Å²) < 4.78 is 1.85. The molecule has 0 saturated heterocycles. The van der Waals surface area contributed by atoms with Crippen LogP contribution in [0.25, 0.3) is 0 Å². The van der Waals surface area contributed by atoms with Crippen molar-refractivity contribution >= 4 is 60.7 Å². The lowest BCUT2D eigenvalue weighted by molar-refractivity contribution is -0.116. The Balaban J connectivity index is 1.98. The normalized spacial score (nSPS) is 10.4. The third kappa shape index (κ3) is 4.41. The third-order valence-electron chi connectivity index (χ3n) is 2.97. The minimum atomic E-state index is -0.225. The fourth-order valence-electron chi connectivity index (χ4n) is 1.86. The molecule has 0 spiro atoms. The van der Waals surface area contributed by atoms with E-state index in [4.69, 9.17) is 0 Å². The van der Waals surface area contributed by atoms with Gasteiger partial charge in [0.25, 0.3) is 5.91 Å². The van der Waals surface area contributed by atoms with Crippen LogP contribution in [0.5, 0.6) is 0 Å². The summed E-state index contributed by atoms with van der Waals surface area (Å²) >= 11 is 8.05. The molecule has 0 bridgehead atoms. The first-order chi connectivity index (χ1) is 10.4. The number of rotatable bonds is 4. The largest absolute Gasteiger partial charge is 0.332 e. The van der Waals surface area contributed by atoms with Crippen molar-refractivity contribution in [3.63, 3.8) is 0 Å². The number of aryl methyl sites for hydroxylation is 1. The summed E-state index contributed by atoms with van der Waals surface area (Å²) in [5.74, 6) is -0.393. The Bertz CT molecular complexity index is 715. The zero-order chi connectivity index (χ0) is 16.3. The molecule has 0 saturated carbocycles. The summed E-state index contributed by atoms with van der Waals surface area (Å²) in [6.45, 7) is 1.92. The van der Waals surface area contributed by atoms with Crippen LogP contribution in [0.15, 0.2) is 38.6 Å². The lowest BCUT2D eigenvalue weighted by Gasteiger charge is -2.16. The van der Waals surface area contributed by atoms with Crippen LogP contribution in [0.4, 0.5) is 5.69 Å². The van der Waals surface area contributed by atoms with Gasteiger partial charge in [0.1, 0.15) is 0 Å². The molecule has 1 heterocycles. The Morgan fingerprint density at radius 3 is 2.55 bits per heavy atom. The van der Waals surface area contributed by atoms with Gasteiger partial charge in [-0.05, 0) is 58.7 Å². The van der Waals surface area contributed by atoms with Crippen LogP contribution in [0.3, 0.4) is 0 Å². The maximum absolute atomic E-state index is 12.2. The number of nitrogens with one attached hydrogen (secondary N) is 1. The fourth-order valence-corrected chi connectivity index (χ4v) is 3.72. The lowest BCUT2D eigenvalue weighted by atomic mass is 10.2. The first-order valence-corrected chi connectivity index (χ1v) is 8.84. The van der Waals surface area contributed by atoms with Gasteiger partial charge in [-0.3, -0.25) is 9.59 Å². The van der Waals surface area contributed by atoms with Gasteiger partial charge in [-0.15, -0.1) is 11.3 Å². The molecule has 116 valence electrons. The SMILES string of the molecule is Cc1cc(Br)ccc1NC(=O)CN(C)C(=O)c1ccc(Br)s1. The van der Waals surface area contributed by atoms with Gasteiger partial charge >= 0.3 is 0 Å². The van der Waals surface area contributed by atoms with E-state index in [9.17, 15) is 9.59 Å². The number of halogens is 2. The molecular formula is C15H14Br2N2O2S. The fraction of sp³-hybridized carbons (Fsp3) is 0.200. The van der Waals surface area contributed by atoms with Crippen molar-refractivity contribution in [2.45, 2.75) is 6.92 Å². The average Bonchev–Trinajstić information content (AvgIpc) is 2.87. The Morgan fingerprint density at radius 2 is 1.95 bits per heavy atom. The number of hydrogen-bond donors (Lipinski definition) is 1. The standard InChI is InChI=1S/C15H14Br2N2O2S/c1-9-7-10(16)3-4-11(9)18-14(20)8-19(2)15(21)12-5-6-13(17)22-12/h3-7H,8H2,1-2H3,(H,18,20). The van der Waals surface area contributed by atoms with Gasteiger partial charge in [-0.1, -0.05) is 15.9 Å². The lowest BCUT2D eigenvalue weighted by Crippen LogP contribution is -2.34. The molecule has 0 aliphatic rings. The predicted octanol–water partition coefficient (Wildman–Crippen LogP) is 4.29. The van der Waals surface area contributed by atoms with Crippen molar-refractivity contribution in [3.8, 4) is 0 Å². The Morgan fingerprint density at radius 1 is 1.23 bits per heavy atom. The van der Waals surface area contributed by atoms with Gasteiger partial charge in [-0.2, -0.15) is 0 Å². The molecular weight excluding hydrogens is 432 g/mol. The monoisotopic (exact) mass is 444 g/mol. The summed E-state index contributed by atoms with van der Waals surface area (Å²) in [4.78, 5) is 26.3. The number of hydrogen-bond acceptors (Lipinski definition) is 3. The second-order valence-electron chi connectivity index (χ2n) is 4.77. The molecule has 22 heavy (non-hydrogen) atoms. The number of carbonyl (C=O) groups is 2. The summed E-state index contributed by atoms with van der Waals surface area (Å²) in [6, 6.07) is 9.17. The van der Waals surface area contributed by atoms with E-state index in [1.165, 1.54) is 16.2 Å². The summed E-state index contributed by atoms with van der Waals surface area (Å²) in [5, 5.41) is 2.82. The van der Waals surface area contributed by atoms with Crippen molar-refractivity contribution < 1.29 is 9.59 Å². The smallest absolute Gasteiger partial charge is 0.264 e. The highest BCUT2D eigenvalue weighted by Gasteiger charge is 2.17. The quantitative estimate of drug-likeness (QED) is 0.762. The van der Waals surface area contributed by atoms with Crippen molar-refractivity contribution in [1.82, 2.24) is 4.90 Å². The van der Waals surface area contributed by atoms with Gasteiger partial charge in [0, 0.05) is 17.2 Å². The van der Waals surface area contributed by atoms with E-state index in [-0.39, 0.29) is 18.4 Å². The number of amides is 2. The van der Waals surface area contributed by atoms with E-state index < -0.39 is 0 Å². The Hall–Kier alpha value is -1.18. The van der Waals surface area contributed by atoms with E-state index in [1.807, 2.05) is 31.2 Å². The summed E-state index contributed by atoms with van der Waals surface area (Å²) in [5.41, 5.74) is 1.70. The number of carbonyl (C=O) groups excluding carboxylic acids is 2. The minimum Gasteiger partial charge on any atom is -0.332 e. The van der Waals surface area contributed by atoms with Crippen LogP contribution < -0.4 is 5.32 Å². The van der Waals surface area contributed by atoms with Gasteiger partial charge in [-0.25, -0.2) is 0 Å². The van der Waals surface area contributed by atoms with Crippen LogP contribution in [0.2, 0.25) is 0 Å². The maximum Gasteiger partial charge on any atom is 0.264 e. The second kappa shape index (κ2) is 7.39. The first kappa shape index (κ1) is 17.2. The number of nitrogens with zero attached hydrogens (tertiary/aromatic N) is 1. The molecule has 2 rings (SSSR count). The zero-order valence-electron chi connectivity index (χ0n) is 12.0. The molecule has 1 N–H and O–H groups in total. The first-order valence-electron chi connectivity index (χ1n) is 6.43. The van der Waals surface area contributed by atoms with E-state index in [1.54, 1.807) is 13.1 Å². The number of likely N-dealkylation sites (N-methyl/N-ethyl adjacent to an activating group) is 1. The highest BCUT2D eigenvalue weighted by atomic mass is 79.9. The van der Waals surface area contributed by atoms with Crippen LogP contribution in [0.1, 0.15) is 15.2 Å². The van der Waals surface area contributed by atoms with Crippen LogP contribution >= 0.6 is 43.2 Å². The molecule has 2 amide bonds. The molecule has 0 unspecified atom stereocenters. The number of benzene rings is 1. The molecule has 1 aromatic heterocycles. The van der Waals surface area contributed by atoms with Crippen LogP contribution in [-0.4, -0.2) is 30.3 Å². The molecule has 7 heteroatoms. The molecule has 4 nitrogen and oxygen atoms in total. The van der Waals surface area contributed by atoms with Crippen molar-refractivity contribution in [3.05, 3.63) is 49.0 Å². The van der Waals surface area contributed by atoms with Crippen molar-refractivity contribution in [1.29, 1.82) is 0 Å². The topological polar surface area (TPSA) is 49.4 Å². The zero-order valence-corrected chi connectivity index (χ0v) is 16.0. The number of thiophene rings is 1. The van der Waals surface area contributed by atoms with E-state index in [0.29, 0.717) is 4.88 Å². The molecule has 0 aliphatic heterocycles. The molecule has 0 fully saturated rings. The summed E-state index contributed by atoms with van der Waals surface area (Å²) in [7, 11) is 1.62. The Labute approximate surface area is 149 Å². The van der Waals surface area contributed by atoms with E-state index in [0.717, 1.165) is 19.5 Å². The van der Waals surface area contributed by atoms with Gasteiger partial charge in [0.2, 0.25) is 5.91 Å². The van der Waals surface area contributed by atoms with Crippen molar-refractivity contribution in [2.24, 2.45) is 0 Å². The van der Waals surface area contributed by atoms with E-state index in [2.05, 4.69) is 37.2 Å². The average molecular weight is 446 g/mol. The minimum absolute atomic E-state index is 0.00383. The number of anilines is 1. The third-order valence-corrected chi connectivity index (χ3v) is 5.08. The molecule has 0 radical (unpaired) electrons. The maximum atomic E-state index is 12.2. The Kier molecular flexibility index (Phi) is 5.77.